The third-order valence-electron chi connectivity index (χ3n) is 12.7. The number of allylic oxidation sites excluding steroid dienone is 1. The summed E-state index contributed by atoms with van der Waals surface area (Å²) in [6.45, 7) is 10.6. The summed E-state index contributed by atoms with van der Waals surface area (Å²) in [5.41, 5.74) is 4.42. The summed E-state index contributed by atoms with van der Waals surface area (Å²) in [5.74, 6) is -0.520. The van der Waals surface area contributed by atoms with E-state index in [-0.39, 0.29) is 35.0 Å². The Balaban J connectivity index is 0.993. The molecule has 2 aliphatic carbocycles. The highest BCUT2D eigenvalue weighted by Crippen LogP contribution is 2.44. The molecule has 3 aliphatic rings. The van der Waals surface area contributed by atoms with Crippen LogP contribution in [-0.2, 0) is 10.0 Å². The van der Waals surface area contributed by atoms with E-state index in [1.807, 2.05) is 18.2 Å². The van der Waals surface area contributed by atoms with E-state index in [1.165, 1.54) is 41.1 Å². The maximum absolute atomic E-state index is 13.9. The monoisotopic (exact) mass is 896 g/mol. The molecule has 1 saturated heterocycles. The molecule has 1 saturated carbocycles. The number of hydrogen-bond donors (Lipinski definition) is 3. The largest absolute Gasteiger partial charge is 0.487 e. The summed E-state index contributed by atoms with van der Waals surface area (Å²) in [4.78, 5) is 37.0. The van der Waals surface area contributed by atoms with Crippen LogP contribution < -0.4 is 19.1 Å². The number of pyridine rings is 1. The third kappa shape index (κ3) is 10.5. The van der Waals surface area contributed by atoms with Gasteiger partial charge in [0.05, 0.1) is 33.8 Å². The van der Waals surface area contributed by atoms with Crippen LogP contribution >= 0.6 is 11.6 Å². The van der Waals surface area contributed by atoms with Crippen LogP contribution in [0.15, 0.2) is 95.7 Å². The van der Waals surface area contributed by atoms with E-state index in [0.29, 0.717) is 50.2 Å². The Hall–Kier alpha value is -5.48. The first kappa shape index (κ1) is 44.1. The standard InChI is InChI=1S/C47H53ClN6O8S/c1-46(2)16-14-34(40(27-46)32-4-6-35(48)7-5-32)29-52-20-22-53(23-21-52)36-8-10-39(43(25-36)62-37-24-33-15-19-49-44(33)50-28-37)45(55)51-63(59,60)38-9-11-42(41(26-38)54(57)58)61-30-31-12-17-47(3,56)18-13-31/h4-11,15,19,24-26,28,31,56H,12-14,16-18,20-23,27,29-30H2,1-3H3,(H,49,50)(H,51,55)/t31-,47-. The van der Waals surface area contributed by atoms with Crippen molar-refractivity contribution in [2.75, 3.05) is 44.2 Å². The number of hydrogen-bond acceptors (Lipinski definition) is 11. The first-order valence-electron chi connectivity index (χ1n) is 21.4. The van der Waals surface area contributed by atoms with E-state index < -0.39 is 37.0 Å². The molecule has 0 radical (unpaired) electrons. The number of piperazine rings is 1. The Kier molecular flexibility index (Phi) is 12.6. The van der Waals surface area contributed by atoms with Crippen molar-refractivity contribution in [2.24, 2.45) is 11.3 Å². The van der Waals surface area contributed by atoms with Gasteiger partial charge in [-0.15, -0.1) is 0 Å². The summed E-state index contributed by atoms with van der Waals surface area (Å²) in [6.07, 6.45) is 9.03. The van der Waals surface area contributed by atoms with Crippen LogP contribution in [0.3, 0.4) is 0 Å². The Bertz CT molecular complexity index is 2650. The number of ether oxygens (including phenoxy) is 2. The van der Waals surface area contributed by atoms with Crippen LogP contribution in [0.5, 0.6) is 17.2 Å². The van der Waals surface area contributed by atoms with Gasteiger partial charge in [0.15, 0.2) is 5.75 Å². The molecule has 63 heavy (non-hydrogen) atoms. The van der Waals surface area contributed by atoms with Crippen molar-refractivity contribution < 1.29 is 32.7 Å². The first-order chi connectivity index (χ1) is 30.0. The lowest BCUT2D eigenvalue weighted by Crippen LogP contribution is -2.47. The maximum atomic E-state index is 13.9. The Morgan fingerprint density at radius 2 is 1.73 bits per heavy atom. The number of sulfonamides is 1. The van der Waals surface area contributed by atoms with Crippen LogP contribution in [0.2, 0.25) is 5.02 Å². The molecule has 8 rings (SSSR count). The zero-order valence-corrected chi connectivity index (χ0v) is 37.3. The molecule has 332 valence electrons. The second-order valence-electron chi connectivity index (χ2n) is 18.1. The van der Waals surface area contributed by atoms with Gasteiger partial charge in [-0.1, -0.05) is 43.2 Å². The molecule has 3 N–H and O–H groups in total. The van der Waals surface area contributed by atoms with E-state index in [2.05, 4.69) is 50.5 Å². The average molecular weight is 897 g/mol. The minimum atomic E-state index is -4.60. The number of nitro benzene ring substituents is 1. The molecule has 1 aliphatic heterocycles. The predicted molar refractivity (Wildman–Crippen MR) is 243 cm³/mol. The first-order valence-corrected chi connectivity index (χ1v) is 23.3. The second-order valence-corrected chi connectivity index (χ2v) is 20.3. The number of carbonyl (C=O) groups is 1. The summed E-state index contributed by atoms with van der Waals surface area (Å²) < 4.78 is 41.6. The van der Waals surface area contributed by atoms with Crippen molar-refractivity contribution in [2.45, 2.75) is 76.2 Å². The number of carbonyl (C=O) groups excluding carboxylic acids is 1. The summed E-state index contributed by atoms with van der Waals surface area (Å²) in [5, 5.41) is 23.9. The lowest BCUT2D eigenvalue weighted by molar-refractivity contribution is -0.386. The third-order valence-corrected chi connectivity index (χ3v) is 14.2. The fraction of sp³-hybridized carbons (Fsp3) is 0.404. The van der Waals surface area contributed by atoms with Gasteiger partial charge in [0, 0.05) is 67.1 Å². The number of nitro groups is 1. The number of rotatable bonds is 13. The molecule has 0 atom stereocenters. The number of aromatic nitrogens is 2. The number of nitrogens with zero attached hydrogens (tertiary/aromatic N) is 4. The second kappa shape index (κ2) is 17.9. The number of fused-ring (bicyclic) bond motifs is 1. The topological polar surface area (TPSA) is 180 Å². The van der Waals surface area contributed by atoms with Crippen molar-refractivity contribution in [3.63, 3.8) is 0 Å². The van der Waals surface area contributed by atoms with E-state index in [1.54, 1.807) is 31.3 Å². The van der Waals surface area contributed by atoms with Crippen molar-refractivity contribution in [1.82, 2.24) is 19.6 Å². The van der Waals surface area contributed by atoms with Gasteiger partial charge in [0.25, 0.3) is 15.9 Å². The predicted octanol–water partition coefficient (Wildman–Crippen LogP) is 9.14. The number of H-pyrrole nitrogens is 1. The van der Waals surface area contributed by atoms with Crippen LogP contribution in [0.1, 0.15) is 81.6 Å². The Morgan fingerprint density at radius 1 is 0.984 bits per heavy atom. The van der Waals surface area contributed by atoms with E-state index in [0.717, 1.165) is 61.1 Å². The molecule has 0 bridgehead atoms. The molecule has 16 heteroatoms. The van der Waals surface area contributed by atoms with Gasteiger partial charge in [0.2, 0.25) is 0 Å². The molecule has 2 fully saturated rings. The highest BCUT2D eigenvalue weighted by Gasteiger charge is 2.32. The van der Waals surface area contributed by atoms with Gasteiger partial charge >= 0.3 is 5.69 Å². The number of aliphatic hydroxyl groups is 1. The molecular formula is C47H53ClN6O8S. The Labute approximate surface area is 372 Å². The molecule has 3 heterocycles. The van der Waals surface area contributed by atoms with E-state index in [9.17, 15) is 28.4 Å². The average Bonchev–Trinajstić information content (AvgIpc) is 3.72. The summed E-state index contributed by atoms with van der Waals surface area (Å²) >= 11 is 6.24. The zero-order valence-electron chi connectivity index (χ0n) is 35.7. The quantitative estimate of drug-likeness (QED) is 0.0758. The molecule has 0 spiro atoms. The normalized spacial score (nSPS) is 20.7. The molecule has 2 aromatic heterocycles. The molecule has 0 unspecified atom stereocenters. The number of anilines is 1. The highest BCUT2D eigenvalue weighted by atomic mass is 35.5. The van der Waals surface area contributed by atoms with Gasteiger partial charge < -0.3 is 24.5 Å². The van der Waals surface area contributed by atoms with E-state index >= 15 is 0 Å². The van der Waals surface area contributed by atoms with Crippen LogP contribution in [-0.4, -0.2) is 84.2 Å². The molecule has 5 aromatic rings. The number of amides is 1. The van der Waals surface area contributed by atoms with Crippen LogP contribution in [0.25, 0.3) is 16.6 Å². The fourth-order valence-corrected chi connectivity index (χ4v) is 9.93. The van der Waals surface area contributed by atoms with Gasteiger partial charge in [-0.3, -0.25) is 19.8 Å². The van der Waals surface area contributed by atoms with E-state index in [4.69, 9.17) is 21.1 Å². The fourth-order valence-electron chi connectivity index (χ4n) is 8.82. The molecule has 1 amide bonds. The van der Waals surface area contributed by atoms with Crippen LogP contribution in [0, 0.1) is 21.4 Å². The maximum Gasteiger partial charge on any atom is 0.312 e. The summed E-state index contributed by atoms with van der Waals surface area (Å²) in [6, 6.07) is 20.1. The zero-order chi connectivity index (χ0) is 44.5. The molecule has 3 aromatic carbocycles. The Morgan fingerprint density at radius 3 is 2.46 bits per heavy atom. The van der Waals surface area contributed by atoms with Gasteiger partial charge in [-0.05, 0) is 123 Å². The lowest BCUT2D eigenvalue weighted by atomic mass is 9.72. The van der Waals surface area contributed by atoms with Crippen molar-refractivity contribution in [3.8, 4) is 17.2 Å². The van der Waals surface area contributed by atoms with Crippen LogP contribution in [0.4, 0.5) is 11.4 Å². The number of benzene rings is 3. The van der Waals surface area contributed by atoms with Gasteiger partial charge in [-0.25, -0.2) is 18.1 Å². The van der Waals surface area contributed by atoms with Gasteiger partial charge in [-0.2, -0.15) is 0 Å². The smallest absolute Gasteiger partial charge is 0.312 e. The SMILES string of the molecule is CC1(C)CCC(CN2CCN(c3ccc(C(=O)NS(=O)(=O)c4ccc(OC[C@H]5CC[C@](C)(O)CC5)c([N+](=O)[O-])c4)c(Oc4cnc5[nH]ccc5c4)c3)CC2)=C(c2ccc(Cl)cc2)C1. The highest BCUT2D eigenvalue weighted by molar-refractivity contribution is 7.90. The number of halogens is 1. The molecular weight excluding hydrogens is 844 g/mol. The minimum Gasteiger partial charge on any atom is -0.487 e. The van der Waals surface area contributed by atoms with Crippen molar-refractivity contribution in [3.05, 3.63) is 117 Å². The van der Waals surface area contributed by atoms with Crippen molar-refractivity contribution in [1.29, 1.82) is 0 Å². The summed E-state index contributed by atoms with van der Waals surface area (Å²) in [7, 11) is -4.60. The van der Waals surface area contributed by atoms with Crippen molar-refractivity contribution >= 4 is 55.5 Å². The molecule has 14 nitrogen and oxygen atoms in total. The van der Waals surface area contributed by atoms with Gasteiger partial charge in [0.1, 0.15) is 17.1 Å². The minimum absolute atomic E-state index is 0.0575. The number of aromatic amines is 1. The number of nitrogens with one attached hydrogen (secondary N) is 2. The lowest BCUT2D eigenvalue weighted by Gasteiger charge is -2.39.